The van der Waals surface area contributed by atoms with Gasteiger partial charge in [0.2, 0.25) is 0 Å². The van der Waals surface area contributed by atoms with Gasteiger partial charge in [-0.05, 0) is 56.2 Å². The van der Waals surface area contributed by atoms with Gasteiger partial charge in [0.1, 0.15) is 5.82 Å². The van der Waals surface area contributed by atoms with Crippen LogP contribution in [0.25, 0.3) is 0 Å². The molecule has 0 bridgehead atoms. The molecule has 0 fully saturated rings. The number of nitrogens with one attached hydrogen (secondary N) is 1. The standard InChI is InChI=1S/C21H20FN5O/c1-14(25-21(28)15-4-6-16(22)7-5-15)17-8-9-19-18(26-17)3-2-12-27(19)20-13-23-10-11-24-20/h4-11,13-14H,2-3,12H2,1H3,(H,25,28)/t14-/m1/s1. The number of benzene rings is 1. The summed E-state index contributed by atoms with van der Waals surface area (Å²) in [5.41, 5.74) is 3.21. The van der Waals surface area contributed by atoms with Gasteiger partial charge in [0.15, 0.2) is 5.82 Å². The molecule has 7 heteroatoms. The predicted octanol–water partition coefficient (Wildman–Crippen LogP) is 3.59. The molecule has 0 saturated carbocycles. The molecular weight excluding hydrogens is 357 g/mol. The number of hydrogen-bond acceptors (Lipinski definition) is 5. The van der Waals surface area contributed by atoms with Gasteiger partial charge >= 0.3 is 0 Å². The van der Waals surface area contributed by atoms with Gasteiger partial charge in [-0.25, -0.2) is 9.37 Å². The molecule has 3 heterocycles. The Bertz CT molecular complexity index is 978. The molecule has 142 valence electrons. The lowest BCUT2D eigenvalue weighted by Crippen LogP contribution is -2.29. The minimum absolute atomic E-state index is 0.256. The Kier molecular flexibility index (Phi) is 4.97. The highest BCUT2D eigenvalue weighted by atomic mass is 19.1. The molecule has 1 amide bonds. The van der Waals surface area contributed by atoms with Gasteiger partial charge in [-0.3, -0.25) is 14.8 Å². The number of hydrogen-bond donors (Lipinski definition) is 1. The summed E-state index contributed by atoms with van der Waals surface area (Å²) in [4.78, 5) is 27.8. The van der Waals surface area contributed by atoms with Crippen molar-refractivity contribution in [3.05, 3.63) is 77.8 Å². The lowest BCUT2D eigenvalue weighted by atomic mass is 10.1. The van der Waals surface area contributed by atoms with Crippen LogP contribution < -0.4 is 10.2 Å². The summed E-state index contributed by atoms with van der Waals surface area (Å²) in [5.74, 6) is 0.178. The average molecular weight is 377 g/mol. The van der Waals surface area contributed by atoms with Crippen LogP contribution in [0.1, 0.15) is 41.1 Å². The van der Waals surface area contributed by atoms with Crippen LogP contribution in [0.15, 0.2) is 55.0 Å². The maximum atomic E-state index is 13.0. The van der Waals surface area contributed by atoms with E-state index >= 15 is 0 Å². The molecule has 28 heavy (non-hydrogen) atoms. The van der Waals surface area contributed by atoms with E-state index in [1.165, 1.54) is 24.3 Å². The zero-order chi connectivity index (χ0) is 19.5. The van der Waals surface area contributed by atoms with Crippen LogP contribution in [-0.4, -0.2) is 27.4 Å². The highest BCUT2D eigenvalue weighted by Gasteiger charge is 2.22. The minimum atomic E-state index is -0.367. The van der Waals surface area contributed by atoms with Crippen molar-refractivity contribution >= 4 is 17.4 Å². The van der Waals surface area contributed by atoms with Crippen molar-refractivity contribution in [3.63, 3.8) is 0 Å². The summed E-state index contributed by atoms with van der Waals surface area (Å²) in [5, 5.41) is 2.92. The first-order valence-electron chi connectivity index (χ1n) is 9.21. The number of carbonyl (C=O) groups is 1. The van der Waals surface area contributed by atoms with E-state index in [1.807, 2.05) is 19.1 Å². The number of halogens is 1. The van der Waals surface area contributed by atoms with Crippen LogP contribution in [0.4, 0.5) is 15.9 Å². The summed E-state index contributed by atoms with van der Waals surface area (Å²) in [6.07, 6.45) is 6.92. The Labute approximate surface area is 162 Å². The molecule has 0 saturated heterocycles. The highest BCUT2D eigenvalue weighted by molar-refractivity contribution is 5.94. The van der Waals surface area contributed by atoms with E-state index in [9.17, 15) is 9.18 Å². The molecule has 4 rings (SSSR count). The first-order valence-corrected chi connectivity index (χ1v) is 9.21. The topological polar surface area (TPSA) is 71.0 Å². The van der Waals surface area contributed by atoms with Gasteiger partial charge in [0.05, 0.1) is 29.3 Å². The van der Waals surface area contributed by atoms with Crippen molar-refractivity contribution in [2.24, 2.45) is 0 Å². The van der Waals surface area contributed by atoms with Gasteiger partial charge < -0.3 is 10.2 Å². The van der Waals surface area contributed by atoms with E-state index in [1.54, 1.807) is 18.6 Å². The van der Waals surface area contributed by atoms with E-state index < -0.39 is 0 Å². The summed E-state index contributed by atoms with van der Waals surface area (Å²) in [7, 11) is 0. The minimum Gasteiger partial charge on any atom is -0.344 e. The van der Waals surface area contributed by atoms with Crippen molar-refractivity contribution in [1.82, 2.24) is 20.3 Å². The van der Waals surface area contributed by atoms with Crippen LogP contribution in [0.2, 0.25) is 0 Å². The fourth-order valence-electron chi connectivity index (χ4n) is 3.33. The monoisotopic (exact) mass is 377 g/mol. The largest absolute Gasteiger partial charge is 0.344 e. The summed E-state index contributed by atoms with van der Waals surface area (Å²) in [6, 6.07) is 9.16. The van der Waals surface area contributed by atoms with Gasteiger partial charge in [0.25, 0.3) is 5.91 Å². The maximum Gasteiger partial charge on any atom is 0.251 e. The second-order valence-electron chi connectivity index (χ2n) is 6.72. The Morgan fingerprint density at radius 3 is 2.75 bits per heavy atom. The number of aromatic nitrogens is 3. The number of nitrogens with zero attached hydrogens (tertiary/aromatic N) is 4. The molecule has 0 radical (unpaired) electrons. The number of pyridine rings is 1. The number of anilines is 2. The average Bonchev–Trinajstić information content (AvgIpc) is 2.74. The Morgan fingerprint density at radius 2 is 2.00 bits per heavy atom. The molecule has 1 aliphatic heterocycles. The normalized spacial score (nSPS) is 14.3. The Hall–Kier alpha value is -3.35. The van der Waals surface area contributed by atoms with E-state index in [4.69, 9.17) is 4.98 Å². The van der Waals surface area contributed by atoms with Gasteiger partial charge in [0, 0.05) is 24.5 Å². The van der Waals surface area contributed by atoms with Gasteiger partial charge in [-0.1, -0.05) is 0 Å². The summed E-state index contributed by atoms with van der Waals surface area (Å²) < 4.78 is 13.0. The third kappa shape index (κ3) is 3.69. The fourth-order valence-corrected chi connectivity index (χ4v) is 3.33. The number of aryl methyl sites for hydroxylation is 1. The third-order valence-corrected chi connectivity index (χ3v) is 4.78. The number of fused-ring (bicyclic) bond motifs is 1. The number of amides is 1. The van der Waals surface area contributed by atoms with Crippen LogP contribution in [-0.2, 0) is 6.42 Å². The molecule has 1 N–H and O–H groups in total. The van der Waals surface area contributed by atoms with Crippen LogP contribution >= 0.6 is 0 Å². The van der Waals surface area contributed by atoms with Crippen molar-refractivity contribution < 1.29 is 9.18 Å². The van der Waals surface area contributed by atoms with Gasteiger partial charge in [-0.2, -0.15) is 0 Å². The molecule has 0 spiro atoms. The Balaban J connectivity index is 1.53. The van der Waals surface area contributed by atoms with Crippen LogP contribution in [0.5, 0.6) is 0 Å². The zero-order valence-corrected chi connectivity index (χ0v) is 15.5. The molecule has 1 atom stereocenters. The number of rotatable bonds is 4. The fraction of sp³-hybridized carbons (Fsp3) is 0.238. The first-order chi connectivity index (χ1) is 13.6. The van der Waals surface area contributed by atoms with Crippen LogP contribution in [0, 0.1) is 5.82 Å². The molecule has 2 aromatic heterocycles. The molecule has 3 aromatic rings. The summed E-state index contributed by atoms with van der Waals surface area (Å²) >= 11 is 0. The number of carbonyl (C=O) groups excluding carboxylic acids is 1. The SMILES string of the molecule is C[C@@H](NC(=O)c1ccc(F)cc1)c1ccc2c(n1)CCCN2c1cnccn1. The van der Waals surface area contributed by atoms with Crippen molar-refractivity contribution in [3.8, 4) is 0 Å². The predicted molar refractivity (Wildman–Crippen MR) is 104 cm³/mol. The van der Waals surface area contributed by atoms with Crippen molar-refractivity contribution in [1.29, 1.82) is 0 Å². The van der Waals surface area contributed by atoms with E-state index in [2.05, 4.69) is 20.2 Å². The third-order valence-electron chi connectivity index (χ3n) is 4.78. The highest BCUT2D eigenvalue weighted by Crippen LogP contribution is 2.31. The summed E-state index contributed by atoms with van der Waals surface area (Å²) in [6.45, 7) is 2.75. The molecular formula is C21H20FN5O. The quantitative estimate of drug-likeness (QED) is 0.752. The lowest BCUT2D eigenvalue weighted by Gasteiger charge is -2.30. The second-order valence-corrected chi connectivity index (χ2v) is 6.72. The van der Waals surface area contributed by atoms with Gasteiger partial charge in [-0.15, -0.1) is 0 Å². The molecule has 6 nitrogen and oxygen atoms in total. The van der Waals surface area contributed by atoms with E-state index in [-0.39, 0.29) is 17.8 Å². The second kappa shape index (κ2) is 7.72. The maximum absolute atomic E-state index is 13.0. The molecule has 0 aliphatic carbocycles. The first kappa shape index (κ1) is 18.0. The molecule has 1 aliphatic rings. The van der Waals surface area contributed by atoms with Crippen molar-refractivity contribution in [2.75, 3.05) is 11.4 Å². The smallest absolute Gasteiger partial charge is 0.251 e. The van der Waals surface area contributed by atoms with E-state index in [0.717, 1.165) is 42.3 Å². The van der Waals surface area contributed by atoms with E-state index in [0.29, 0.717) is 5.56 Å². The Morgan fingerprint density at radius 1 is 1.18 bits per heavy atom. The van der Waals surface area contributed by atoms with Crippen LogP contribution in [0.3, 0.4) is 0 Å². The molecule has 0 unspecified atom stereocenters. The zero-order valence-electron chi connectivity index (χ0n) is 15.5. The lowest BCUT2D eigenvalue weighted by molar-refractivity contribution is 0.0939. The van der Waals surface area contributed by atoms with Crippen molar-refractivity contribution in [2.45, 2.75) is 25.8 Å². The molecule has 1 aromatic carbocycles.